The molecule has 0 saturated heterocycles. The zero-order valence-corrected chi connectivity index (χ0v) is 15.1. The molecule has 0 bridgehead atoms. The Kier molecular flexibility index (Phi) is 3.97. The summed E-state index contributed by atoms with van der Waals surface area (Å²) in [5.41, 5.74) is 3.07. The van der Waals surface area contributed by atoms with Crippen LogP contribution in [0.15, 0.2) is 30.6 Å². The topological polar surface area (TPSA) is 75.4 Å². The Balaban J connectivity index is 1.49. The number of rotatable bonds is 4. The quantitative estimate of drug-likeness (QED) is 0.756. The smallest absolute Gasteiger partial charge is 0.165 e. The van der Waals surface area contributed by atoms with Gasteiger partial charge in [0.15, 0.2) is 17.3 Å². The zero-order chi connectivity index (χ0) is 18.2. The van der Waals surface area contributed by atoms with Gasteiger partial charge in [-0.15, -0.1) is 0 Å². The van der Waals surface area contributed by atoms with E-state index in [1.165, 1.54) is 5.69 Å². The van der Waals surface area contributed by atoms with Gasteiger partial charge in [-0.25, -0.2) is 4.98 Å². The molecule has 0 atom stereocenters. The van der Waals surface area contributed by atoms with Crippen LogP contribution in [0.25, 0.3) is 11.5 Å². The number of imidazole rings is 1. The lowest BCUT2D eigenvalue weighted by molar-refractivity contribution is 0.170. The second-order valence-electron chi connectivity index (χ2n) is 6.61. The van der Waals surface area contributed by atoms with Crippen LogP contribution in [0.5, 0.6) is 17.2 Å². The van der Waals surface area contributed by atoms with Crippen molar-refractivity contribution >= 4 is 0 Å². The van der Waals surface area contributed by atoms with Crippen molar-refractivity contribution in [3.8, 4) is 28.8 Å². The van der Waals surface area contributed by atoms with Crippen molar-refractivity contribution in [2.75, 3.05) is 26.9 Å². The average Bonchev–Trinajstić information content (AvgIpc) is 3.33. The monoisotopic (exact) mass is 367 g/mol. The number of nitrogens with one attached hydrogen (secondary N) is 1. The molecule has 3 aromatic rings. The van der Waals surface area contributed by atoms with E-state index in [-0.39, 0.29) is 0 Å². The van der Waals surface area contributed by atoms with E-state index < -0.39 is 0 Å². The van der Waals surface area contributed by atoms with Crippen molar-refractivity contribution in [2.24, 2.45) is 0 Å². The number of hydrogen-bond acceptors (Lipinski definition) is 6. The zero-order valence-electron chi connectivity index (χ0n) is 15.1. The normalized spacial score (nSPS) is 15.4. The van der Waals surface area contributed by atoms with Gasteiger partial charge in [-0.1, -0.05) is 0 Å². The SMILES string of the molecule is COc1cc2c(cc1Cn1ccnc1-c1cc3n(n1)CCNC3)OCCO2. The first-order chi connectivity index (χ1) is 13.3. The highest BCUT2D eigenvalue weighted by Crippen LogP contribution is 2.37. The number of hydrogen-bond donors (Lipinski definition) is 1. The molecule has 0 unspecified atom stereocenters. The predicted octanol–water partition coefficient (Wildman–Crippen LogP) is 1.68. The fourth-order valence-electron chi connectivity index (χ4n) is 3.58. The van der Waals surface area contributed by atoms with E-state index in [0.29, 0.717) is 19.8 Å². The lowest BCUT2D eigenvalue weighted by atomic mass is 10.1. The van der Waals surface area contributed by atoms with Gasteiger partial charge in [0.2, 0.25) is 0 Å². The highest BCUT2D eigenvalue weighted by Gasteiger charge is 2.19. The van der Waals surface area contributed by atoms with E-state index >= 15 is 0 Å². The molecule has 0 spiro atoms. The molecular weight excluding hydrogens is 346 g/mol. The number of benzene rings is 1. The van der Waals surface area contributed by atoms with Gasteiger partial charge in [0.05, 0.1) is 25.9 Å². The maximum atomic E-state index is 5.72. The Labute approximate surface area is 156 Å². The van der Waals surface area contributed by atoms with Crippen LogP contribution < -0.4 is 19.5 Å². The van der Waals surface area contributed by atoms with Crippen molar-refractivity contribution in [1.29, 1.82) is 0 Å². The van der Waals surface area contributed by atoms with Crippen LogP contribution in [0.1, 0.15) is 11.3 Å². The van der Waals surface area contributed by atoms with Gasteiger partial charge in [-0.3, -0.25) is 4.68 Å². The van der Waals surface area contributed by atoms with Crippen molar-refractivity contribution in [2.45, 2.75) is 19.6 Å². The average molecular weight is 367 g/mol. The van der Waals surface area contributed by atoms with Gasteiger partial charge >= 0.3 is 0 Å². The Bertz CT molecular complexity index is 954. The molecule has 5 rings (SSSR count). The third-order valence-electron chi connectivity index (χ3n) is 4.90. The second kappa shape index (κ2) is 6.62. The molecule has 1 aromatic carbocycles. The van der Waals surface area contributed by atoms with Crippen LogP contribution in [0.3, 0.4) is 0 Å². The van der Waals surface area contributed by atoms with Gasteiger partial charge in [-0.2, -0.15) is 5.10 Å². The molecule has 0 aliphatic carbocycles. The summed E-state index contributed by atoms with van der Waals surface area (Å²) in [6, 6.07) is 5.98. The maximum absolute atomic E-state index is 5.72. The third-order valence-corrected chi connectivity index (χ3v) is 4.90. The summed E-state index contributed by atoms with van der Waals surface area (Å²) < 4.78 is 21.1. The van der Waals surface area contributed by atoms with Crippen molar-refractivity contribution in [3.63, 3.8) is 0 Å². The van der Waals surface area contributed by atoms with Crippen LogP contribution in [0, 0.1) is 0 Å². The summed E-state index contributed by atoms with van der Waals surface area (Å²) in [4.78, 5) is 4.54. The highest BCUT2D eigenvalue weighted by atomic mass is 16.6. The first-order valence-corrected chi connectivity index (χ1v) is 9.07. The van der Waals surface area contributed by atoms with E-state index in [0.717, 1.165) is 54.0 Å². The van der Waals surface area contributed by atoms with Crippen LogP contribution in [0.2, 0.25) is 0 Å². The molecule has 2 aliphatic rings. The number of fused-ring (bicyclic) bond motifs is 2. The lowest BCUT2D eigenvalue weighted by Crippen LogP contribution is -2.28. The van der Waals surface area contributed by atoms with Crippen LogP contribution >= 0.6 is 0 Å². The first-order valence-electron chi connectivity index (χ1n) is 9.07. The number of nitrogens with zero attached hydrogens (tertiary/aromatic N) is 4. The number of ether oxygens (including phenoxy) is 3. The molecule has 0 fully saturated rings. The molecule has 0 radical (unpaired) electrons. The molecule has 27 heavy (non-hydrogen) atoms. The molecule has 140 valence electrons. The number of aromatic nitrogens is 4. The Morgan fingerprint density at radius 3 is 2.85 bits per heavy atom. The van der Waals surface area contributed by atoms with E-state index in [4.69, 9.17) is 19.3 Å². The molecule has 0 amide bonds. The molecule has 1 N–H and O–H groups in total. The lowest BCUT2D eigenvalue weighted by Gasteiger charge is -2.21. The standard InChI is InChI=1S/C19H21N5O3/c1-25-16-10-18-17(26-6-7-27-18)8-13(16)12-23-4-3-21-19(23)15-9-14-11-20-2-5-24(14)22-15/h3-4,8-10,20H,2,5-7,11-12H2,1H3. The minimum atomic E-state index is 0.557. The van der Waals surface area contributed by atoms with Gasteiger partial charge in [0.1, 0.15) is 24.7 Å². The molecule has 8 heteroatoms. The Morgan fingerprint density at radius 1 is 1.19 bits per heavy atom. The fraction of sp³-hybridized carbons (Fsp3) is 0.368. The molecule has 2 aliphatic heterocycles. The van der Waals surface area contributed by atoms with Gasteiger partial charge in [0, 0.05) is 37.1 Å². The summed E-state index contributed by atoms with van der Waals surface area (Å²) in [6.07, 6.45) is 3.76. The van der Waals surface area contributed by atoms with E-state index in [2.05, 4.69) is 25.6 Å². The minimum Gasteiger partial charge on any atom is -0.496 e. The summed E-state index contributed by atoms with van der Waals surface area (Å²) in [5.74, 6) is 3.09. The van der Waals surface area contributed by atoms with Crippen LogP contribution in [-0.4, -0.2) is 46.2 Å². The Hall–Kier alpha value is -3.00. The van der Waals surface area contributed by atoms with Crippen molar-refractivity contribution < 1.29 is 14.2 Å². The minimum absolute atomic E-state index is 0.557. The highest BCUT2D eigenvalue weighted by molar-refractivity contribution is 5.54. The summed E-state index contributed by atoms with van der Waals surface area (Å²) >= 11 is 0. The molecule has 8 nitrogen and oxygen atoms in total. The van der Waals surface area contributed by atoms with E-state index in [1.54, 1.807) is 13.3 Å². The second-order valence-corrected chi connectivity index (χ2v) is 6.61. The van der Waals surface area contributed by atoms with Gasteiger partial charge < -0.3 is 24.1 Å². The maximum Gasteiger partial charge on any atom is 0.165 e. The summed E-state index contributed by atoms with van der Waals surface area (Å²) in [7, 11) is 1.67. The Morgan fingerprint density at radius 2 is 2.04 bits per heavy atom. The third kappa shape index (κ3) is 2.91. The van der Waals surface area contributed by atoms with Crippen molar-refractivity contribution in [3.05, 3.63) is 41.9 Å². The van der Waals surface area contributed by atoms with Crippen molar-refractivity contribution in [1.82, 2.24) is 24.6 Å². The van der Waals surface area contributed by atoms with Gasteiger partial charge in [-0.05, 0) is 12.1 Å². The largest absolute Gasteiger partial charge is 0.496 e. The van der Waals surface area contributed by atoms with E-state index in [1.807, 2.05) is 18.3 Å². The van der Waals surface area contributed by atoms with Gasteiger partial charge in [0.25, 0.3) is 0 Å². The summed E-state index contributed by atoms with van der Waals surface area (Å²) in [5, 5.41) is 8.09. The molecule has 0 saturated carbocycles. The predicted molar refractivity (Wildman–Crippen MR) is 98.2 cm³/mol. The van der Waals surface area contributed by atoms with Crippen LogP contribution in [0.4, 0.5) is 0 Å². The fourth-order valence-corrected chi connectivity index (χ4v) is 3.58. The van der Waals surface area contributed by atoms with E-state index in [9.17, 15) is 0 Å². The summed E-state index contributed by atoms with van der Waals surface area (Å²) in [6.45, 7) is 4.38. The molecule has 4 heterocycles. The first kappa shape index (κ1) is 16.2. The molecule has 2 aromatic heterocycles. The number of methoxy groups -OCH3 is 1. The molecular formula is C19H21N5O3. The van der Waals surface area contributed by atoms with Crippen LogP contribution in [-0.2, 0) is 19.6 Å².